The molecule has 0 bridgehead atoms. The molecule has 23 heavy (non-hydrogen) atoms. The number of halogens is 1. The van der Waals surface area contributed by atoms with Gasteiger partial charge in [0.25, 0.3) is 0 Å². The SMILES string of the molecule is CCC(CCNc1ncc(Br)cc1C(C)=O)NC1CCCCC1. The van der Waals surface area contributed by atoms with Gasteiger partial charge in [0.1, 0.15) is 5.82 Å². The summed E-state index contributed by atoms with van der Waals surface area (Å²) in [6, 6.07) is 3.05. The third-order valence-electron chi connectivity index (χ3n) is 4.59. The fourth-order valence-corrected chi connectivity index (χ4v) is 3.55. The molecule has 1 aliphatic rings. The first-order valence-electron chi connectivity index (χ1n) is 8.76. The van der Waals surface area contributed by atoms with Crippen LogP contribution in [0.2, 0.25) is 0 Å². The van der Waals surface area contributed by atoms with Gasteiger partial charge in [-0.15, -0.1) is 0 Å². The number of pyridine rings is 1. The molecule has 128 valence electrons. The highest BCUT2D eigenvalue weighted by Gasteiger charge is 2.17. The van der Waals surface area contributed by atoms with E-state index in [9.17, 15) is 4.79 Å². The van der Waals surface area contributed by atoms with E-state index < -0.39 is 0 Å². The van der Waals surface area contributed by atoms with Gasteiger partial charge in [-0.25, -0.2) is 4.98 Å². The van der Waals surface area contributed by atoms with Gasteiger partial charge in [0.2, 0.25) is 0 Å². The summed E-state index contributed by atoms with van der Waals surface area (Å²) in [7, 11) is 0. The number of hydrogen-bond donors (Lipinski definition) is 2. The first-order chi connectivity index (χ1) is 11.1. The van der Waals surface area contributed by atoms with Gasteiger partial charge in [0.15, 0.2) is 5.78 Å². The molecule has 1 unspecified atom stereocenters. The van der Waals surface area contributed by atoms with Crippen molar-refractivity contribution in [3.8, 4) is 0 Å². The van der Waals surface area contributed by atoms with Crippen molar-refractivity contribution in [3.63, 3.8) is 0 Å². The van der Waals surface area contributed by atoms with E-state index >= 15 is 0 Å². The molecule has 1 heterocycles. The third kappa shape index (κ3) is 5.88. The molecule has 1 fully saturated rings. The van der Waals surface area contributed by atoms with E-state index in [4.69, 9.17) is 0 Å². The molecule has 0 aromatic carbocycles. The summed E-state index contributed by atoms with van der Waals surface area (Å²) in [5.41, 5.74) is 0.646. The van der Waals surface area contributed by atoms with Gasteiger partial charge in [0.05, 0.1) is 5.56 Å². The zero-order valence-corrected chi connectivity index (χ0v) is 15.8. The predicted octanol–water partition coefficient (Wildman–Crippen LogP) is 4.55. The molecule has 0 amide bonds. The Labute approximate surface area is 148 Å². The van der Waals surface area contributed by atoms with Crippen molar-refractivity contribution >= 4 is 27.5 Å². The van der Waals surface area contributed by atoms with Crippen LogP contribution in [-0.2, 0) is 0 Å². The summed E-state index contributed by atoms with van der Waals surface area (Å²) in [6.45, 7) is 4.64. The van der Waals surface area contributed by atoms with E-state index in [1.807, 2.05) is 6.07 Å². The highest BCUT2D eigenvalue weighted by atomic mass is 79.9. The molecule has 2 rings (SSSR count). The maximum absolute atomic E-state index is 11.7. The maximum Gasteiger partial charge on any atom is 0.163 e. The van der Waals surface area contributed by atoms with E-state index in [2.05, 4.69) is 38.5 Å². The molecule has 1 aromatic rings. The molecule has 0 aliphatic heterocycles. The van der Waals surface area contributed by atoms with Gasteiger partial charge in [-0.2, -0.15) is 0 Å². The second-order valence-electron chi connectivity index (χ2n) is 6.43. The van der Waals surface area contributed by atoms with E-state index in [0.717, 1.165) is 23.9 Å². The highest BCUT2D eigenvalue weighted by molar-refractivity contribution is 9.10. The lowest BCUT2D eigenvalue weighted by Crippen LogP contribution is -2.40. The van der Waals surface area contributed by atoms with Crippen molar-refractivity contribution in [2.24, 2.45) is 0 Å². The van der Waals surface area contributed by atoms with Crippen molar-refractivity contribution in [3.05, 3.63) is 22.3 Å². The minimum atomic E-state index is 0.0358. The fourth-order valence-electron chi connectivity index (χ4n) is 3.22. The molecule has 0 saturated heterocycles. The first kappa shape index (κ1) is 18.4. The number of ketones is 1. The predicted molar refractivity (Wildman–Crippen MR) is 99.1 cm³/mol. The van der Waals surface area contributed by atoms with Gasteiger partial charge >= 0.3 is 0 Å². The van der Waals surface area contributed by atoms with Gasteiger partial charge in [0, 0.05) is 29.3 Å². The molecular weight excluding hydrogens is 354 g/mol. The Kier molecular flexibility index (Phi) is 7.50. The number of anilines is 1. The fraction of sp³-hybridized carbons (Fsp3) is 0.667. The van der Waals surface area contributed by atoms with E-state index in [0.29, 0.717) is 23.5 Å². The minimum absolute atomic E-state index is 0.0358. The standard InChI is InChI=1S/C18H28BrN3O/c1-3-15(22-16-7-5-4-6-8-16)9-10-20-18-17(13(2)23)11-14(19)12-21-18/h11-12,15-16,22H,3-10H2,1-2H3,(H,20,21). The first-order valence-corrected chi connectivity index (χ1v) is 9.55. The van der Waals surface area contributed by atoms with Gasteiger partial charge < -0.3 is 10.6 Å². The summed E-state index contributed by atoms with van der Waals surface area (Å²) in [5, 5.41) is 7.13. The minimum Gasteiger partial charge on any atom is -0.369 e. The lowest BCUT2D eigenvalue weighted by Gasteiger charge is -2.28. The molecular formula is C18H28BrN3O. The number of carbonyl (C=O) groups is 1. The number of nitrogens with one attached hydrogen (secondary N) is 2. The molecule has 5 heteroatoms. The molecule has 4 nitrogen and oxygen atoms in total. The molecule has 1 saturated carbocycles. The Morgan fingerprint density at radius 1 is 1.39 bits per heavy atom. The third-order valence-corrected chi connectivity index (χ3v) is 5.02. The smallest absolute Gasteiger partial charge is 0.163 e. The van der Waals surface area contributed by atoms with Crippen LogP contribution in [0.25, 0.3) is 0 Å². The van der Waals surface area contributed by atoms with Crippen LogP contribution in [0.3, 0.4) is 0 Å². The molecule has 0 radical (unpaired) electrons. The van der Waals surface area contributed by atoms with Crippen LogP contribution < -0.4 is 10.6 Å². The number of Topliss-reactive ketones (excluding diaryl/α,β-unsaturated/α-hetero) is 1. The number of carbonyl (C=O) groups excluding carboxylic acids is 1. The molecule has 1 aromatic heterocycles. The largest absolute Gasteiger partial charge is 0.369 e. The molecule has 2 N–H and O–H groups in total. The Balaban J connectivity index is 1.84. The summed E-state index contributed by atoms with van der Waals surface area (Å²) >= 11 is 3.37. The monoisotopic (exact) mass is 381 g/mol. The van der Waals surface area contributed by atoms with Crippen LogP contribution in [0, 0.1) is 0 Å². The van der Waals surface area contributed by atoms with Crippen molar-refractivity contribution in [2.45, 2.75) is 70.9 Å². The lowest BCUT2D eigenvalue weighted by atomic mass is 9.94. The Hall–Kier alpha value is -0.940. The van der Waals surface area contributed by atoms with Crippen LogP contribution in [-0.4, -0.2) is 29.4 Å². The normalized spacial score (nSPS) is 17.0. The second kappa shape index (κ2) is 9.38. The van der Waals surface area contributed by atoms with Crippen LogP contribution in [0.5, 0.6) is 0 Å². The lowest BCUT2D eigenvalue weighted by molar-refractivity contribution is 0.101. The van der Waals surface area contributed by atoms with Crippen LogP contribution in [0.4, 0.5) is 5.82 Å². The van der Waals surface area contributed by atoms with E-state index in [1.54, 1.807) is 13.1 Å². The quantitative estimate of drug-likeness (QED) is 0.648. The van der Waals surface area contributed by atoms with Gasteiger partial charge in [-0.3, -0.25) is 4.79 Å². The van der Waals surface area contributed by atoms with Crippen LogP contribution >= 0.6 is 15.9 Å². The van der Waals surface area contributed by atoms with Crippen molar-refractivity contribution in [1.82, 2.24) is 10.3 Å². The zero-order valence-electron chi connectivity index (χ0n) is 14.2. The Morgan fingerprint density at radius 2 is 2.13 bits per heavy atom. The number of rotatable bonds is 8. The van der Waals surface area contributed by atoms with Crippen molar-refractivity contribution in [2.75, 3.05) is 11.9 Å². The van der Waals surface area contributed by atoms with Crippen molar-refractivity contribution < 1.29 is 4.79 Å². The molecule has 1 aliphatic carbocycles. The van der Waals surface area contributed by atoms with E-state index in [-0.39, 0.29) is 5.78 Å². The average molecular weight is 382 g/mol. The summed E-state index contributed by atoms with van der Waals surface area (Å²) in [5.74, 6) is 0.724. The highest BCUT2D eigenvalue weighted by Crippen LogP contribution is 2.20. The Morgan fingerprint density at radius 3 is 2.78 bits per heavy atom. The number of aromatic nitrogens is 1. The molecule has 0 spiro atoms. The van der Waals surface area contributed by atoms with E-state index in [1.165, 1.54) is 32.1 Å². The van der Waals surface area contributed by atoms with Crippen LogP contribution in [0.1, 0.15) is 69.2 Å². The second-order valence-corrected chi connectivity index (χ2v) is 7.34. The summed E-state index contributed by atoms with van der Waals surface area (Å²) in [4.78, 5) is 16.1. The number of hydrogen-bond acceptors (Lipinski definition) is 4. The summed E-state index contributed by atoms with van der Waals surface area (Å²) in [6.07, 6.45) is 10.6. The summed E-state index contributed by atoms with van der Waals surface area (Å²) < 4.78 is 0.832. The number of nitrogens with zero attached hydrogens (tertiary/aromatic N) is 1. The Bertz CT molecular complexity index is 515. The molecule has 1 atom stereocenters. The maximum atomic E-state index is 11.7. The topological polar surface area (TPSA) is 54.0 Å². The van der Waals surface area contributed by atoms with Crippen molar-refractivity contribution in [1.29, 1.82) is 0 Å². The average Bonchev–Trinajstić information content (AvgIpc) is 2.56. The zero-order chi connectivity index (χ0) is 16.7. The van der Waals surface area contributed by atoms with Crippen LogP contribution in [0.15, 0.2) is 16.7 Å². The van der Waals surface area contributed by atoms with Gasteiger partial charge in [-0.05, 0) is 54.6 Å². The van der Waals surface area contributed by atoms with Gasteiger partial charge in [-0.1, -0.05) is 26.2 Å².